The van der Waals surface area contributed by atoms with Gasteiger partial charge in [0.05, 0.1) is 12.6 Å². The third-order valence-corrected chi connectivity index (χ3v) is 4.13. The van der Waals surface area contributed by atoms with Crippen molar-refractivity contribution in [3.05, 3.63) is 18.7 Å². The summed E-state index contributed by atoms with van der Waals surface area (Å²) in [5.41, 5.74) is -0.563. The highest BCUT2D eigenvalue weighted by Crippen LogP contribution is 2.29. The summed E-state index contributed by atoms with van der Waals surface area (Å²) in [5, 5.41) is 3.19. The number of aromatic nitrogens is 2. The van der Waals surface area contributed by atoms with Crippen LogP contribution < -0.4 is 5.32 Å². The molecule has 1 fully saturated rings. The Morgan fingerprint density at radius 2 is 2.15 bits per heavy atom. The maximum absolute atomic E-state index is 12.2. The number of hydrogen-bond donors (Lipinski definition) is 1. The van der Waals surface area contributed by atoms with Gasteiger partial charge in [-0.05, 0) is 51.7 Å². The highest BCUT2D eigenvalue weighted by molar-refractivity contribution is 7.80. The minimum absolute atomic E-state index is 0.220. The lowest BCUT2D eigenvalue weighted by Crippen LogP contribution is -2.44. The number of methoxy groups -OCH3 is 1. The van der Waals surface area contributed by atoms with Crippen LogP contribution >= 0.6 is 12.2 Å². The molecule has 3 atom stereocenters. The van der Waals surface area contributed by atoms with Crippen molar-refractivity contribution >= 4 is 23.5 Å². The van der Waals surface area contributed by atoms with Gasteiger partial charge in [0.2, 0.25) is 0 Å². The Kier molecular flexibility index (Phi) is 7.36. The first-order valence-electron chi connectivity index (χ1n) is 8.53. The Morgan fingerprint density at radius 1 is 1.38 bits per heavy atom. The molecule has 0 radical (unpaired) electrons. The monoisotopic (exact) mass is 385 g/mol. The molecule has 1 heterocycles. The first-order valence-corrected chi connectivity index (χ1v) is 8.94. The summed E-state index contributed by atoms with van der Waals surface area (Å²) in [6, 6.07) is -0.220. The van der Waals surface area contributed by atoms with Gasteiger partial charge in [0.1, 0.15) is 24.8 Å². The predicted molar refractivity (Wildman–Crippen MR) is 98.8 cm³/mol. The summed E-state index contributed by atoms with van der Waals surface area (Å²) in [5.74, 6) is 0.223. The van der Waals surface area contributed by atoms with Gasteiger partial charge in [0.25, 0.3) is 5.17 Å². The average Bonchev–Trinajstić information content (AvgIpc) is 3.16. The van der Waals surface area contributed by atoms with E-state index in [0.29, 0.717) is 24.6 Å². The molecule has 1 N–H and O–H groups in total. The number of rotatable bonds is 6. The van der Waals surface area contributed by atoms with Crippen LogP contribution in [0.25, 0.3) is 0 Å². The smallest absolute Gasteiger partial charge is 0.408 e. The van der Waals surface area contributed by atoms with Crippen LogP contribution in [0.4, 0.5) is 4.79 Å². The molecule has 0 aromatic carbocycles. The zero-order valence-electron chi connectivity index (χ0n) is 15.6. The predicted octanol–water partition coefficient (Wildman–Crippen LogP) is 2.33. The molecule has 1 aliphatic rings. The second kappa shape index (κ2) is 9.29. The first-order chi connectivity index (χ1) is 12.3. The second-order valence-electron chi connectivity index (χ2n) is 7.26. The molecule has 1 amide bonds. The van der Waals surface area contributed by atoms with Crippen LogP contribution in [-0.4, -0.2) is 59.1 Å². The van der Waals surface area contributed by atoms with Gasteiger partial charge in [-0.25, -0.2) is 9.78 Å². The van der Waals surface area contributed by atoms with Crippen molar-refractivity contribution in [1.29, 1.82) is 0 Å². The van der Waals surface area contributed by atoms with Gasteiger partial charge in [-0.2, -0.15) is 0 Å². The van der Waals surface area contributed by atoms with Gasteiger partial charge in [-0.3, -0.25) is 4.57 Å². The van der Waals surface area contributed by atoms with Crippen molar-refractivity contribution in [2.75, 3.05) is 20.5 Å². The summed E-state index contributed by atoms with van der Waals surface area (Å²) >= 11 is 5.32. The molecule has 0 unspecified atom stereocenters. The number of carbonyl (C=O) groups excluding carboxylic acids is 1. The van der Waals surface area contributed by atoms with E-state index in [1.54, 1.807) is 30.4 Å². The molecule has 146 valence electrons. The number of thiocarbonyl (C=S) groups is 1. The van der Waals surface area contributed by atoms with Crippen LogP contribution in [0.15, 0.2) is 18.7 Å². The number of alkyl carbamates (subject to hydrolysis) is 1. The Bertz CT molecular complexity index is 588. The van der Waals surface area contributed by atoms with Crippen molar-refractivity contribution in [2.45, 2.75) is 51.4 Å². The van der Waals surface area contributed by atoms with Crippen LogP contribution in [-0.2, 0) is 18.9 Å². The Balaban J connectivity index is 1.97. The fraction of sp³-hybridized carbons (Fsp3) is 0.706. The van der Waals surface area contributed by atoms with Crippen LogP contribution in [0, 0.1) is 5.92 Å². The minimum Gasteiger partial charge on any atom is -0.465 e. The molecular formula is C17H27N3O5S. The number of nitrogens with zero attached hydrogens (tertiary/aromatic N) is 2. The van der Waals surface area contributed by atoms with E-state index in [1.807, 2.05) is 20.8 Å². The fourth-order valence-electron chi connectivity index (χ4n) is 2.83. The largest absolute Gasteiger partial charge is 0.465 e. The molecule has 26 heavy (non-hydrogen) atoms. The van der Waals surface area contributed by atoms with E-state index in [2.05, 4.69) is 10.3 Å². The highest BCUT2D eigenvalue weighted by Gasteiger charge is 2.38. The minimum atomic E-state index is -0.563. The molecule has 1 aromatic heterocycles. The zero-order valence-corrected chi connectivity index (χ0v) is 16.5. The molecule has 0 aliphatic heterocycles. The molecule has 1 aromatic rings. The third kappa shape index (κ3) is 6.54. The summed E-state index contributed by atoms with van der Waals surface area (Å²) < 4.78 is 23.3. The SMILES string of the molecule is COCOC[C@@H]1C[C@H](OC(=S)n2ccnc2)[C@H](NC(=O)OC(C)(C)C)C1. The van der Waals surface area contributed by atoms with Crippen molar-refractivity contribution in [1.82, 2.24) is 14.9 Å². The van der Waals surface area contributed by atoms with Gasteiger partial charge in [0, 0.05) is 19.5 Å². The molecule has 9 heteroatoms. The lowest BCUT2D eigenvalue weighted by Gasteiger charge is -2.25. The first kappa shape index (κ1) is 20.6. The molecular weight excluding hydrogens is 358 g/mol. The Labute approximate surface area is 159 Å². The number of nitrogens with one attached hydrogen (secondary N) is 1. The van der Waals surface area contributed by atoms with Crippen LogP contribution in [0.5, 0.6) is 0 Å². The van der Waals surface area contributed by atoms with E-state index in [9.17, 15) is 4.79 Å². The van der Waals surface area contributed by atoms with Crippen molar-refractivity contribution in [3.8, 4) is 0 Å². The fourth-order valence-corrected chi connectivity index (χ4v) is 3.06. The Hall–Kier alpha value is -1.71. The van der Waals surface area contributed by atoms with Crippen molar-refractivity contribution in [3.63, 3.8) is 0 Å². The van der Waals surface area contributed by atoms with Gasteiger partial charge >= 0.3 is 6.09 Å². The van der Waals surface area contributed by atoms with Crippen LogP contribution in [0.2, 0.25) is 0 Å². The molecule has 0 bridgehead atoms. The normalized spacial score (nSPS) is 22.8. The number of amides is 1. The highest BCUT2D eigenvalue weighted by atomic mass is 32.1. The van der Waals surface area contributed by atoms with E-state index in [0.717, 1.165) is 0 Å². The summed E-state index contributed by atoms with van der Waals surface area (Å²) in [7, 11) is 1.58. The maximum atomic E-state index is 12.2. The molecule has 1 aliphatic carbocycles. The molecule has 2 rings (SSSR count). The number of hydrogen-bond acceptors (Lipinski definition) is 7. The van der Waals surface area contributed by atoms with E-state index in [-0.39, 0.29) is 24.9 Å². The quantitative estimate of drug-likeness (QED) is 0.457. The van der Waals surface area contributed by atoms with Crippen molar-refractivity contribution in [2.24, 2.45) is 5.92 Å². The maximum Gasteiger partial charge on any atom is 0.408 e. The summed E-state index contributed by atoms with van der Waals surface area (Å²) in [6.45, 7) is 6.23. The van der Waals surface area contributed by atoms with Gasteiger partial charge in [-0.1, -0.05) is 0 Å². The standard InChI is InChI=1S/C17H27N3O5S/c1-17(2,3)25-15(21)19-13-7-12(9-23-11-22-4)8-14(13)24-16(26)20-6-5-18-10-20/h5-6,10,12-14H,7-9,11H2,1-4H3,(H,19,21)/t12-,13+,14-/m0/s1. The lowest BCUT2D eigenvalue weighted by molar-refractivity contribution is -0.0436. The van der Waals surface area contributed by atoms with Crippen molar-refractivity contribution < 1.29 is 23.7 Å². The molecule has 0 spiro atoms. The number of carbonyl (C=O) groups is 1. The topological polar surface area (TPSA) is 83.8 Å². The van der Waals surface area contributed by atoms with Gasteiger partial charge in [-0.15, -0.1) is 0 Å². The van der Waals surface area contributed by atoms with E-state index >= 15 is 0 Å². The van der Waals surface area contributed by atoms with Gasteiger partial charge < -0.3 is 24.3 Å². The van der Waals surface area contributed by atoms with E-state index in [4.69, 9.17) is 31.2 Å². The van der Waals surface area contributed by atoms with Crippen LogP contribution in [0.3, 0.4) is 0 Å². The molecule has 1 saturated carbocycles. The Morgan fingerprint density at radius 3 is 2.77 bits per heavy atom. The summed E-state index contributed by atoms with van der Waals surface area (Å²) in [4.78, 5) is 16.1. The van der Waals surface area contributed by atoms with Crippen LogP contribution in [0.1, 0.15) is 33.6 Å². The van der Waals surface area contributed by atoms with E-state index < -0.39 is 11.7 Å². The van der Waals surface area contributed by atoms with E-state index in [1.165, 1.54) is 0 Å². The second-order valence-corrected chi connectivity index (χ2v) is 7.61. The number of imidazole rings is 1. The van der Waals surface area contributed by atoms with Gasteiger partial charge in [0.15, 0.2) is 0 Å². The molecule has 8 nitrogen and oxygen atoms in total. The third-order valence-electron chi connectivity index (χ3n) is 3.83. The average molecular weight is 385 g/mol. The summed E-state index contributed by atoms with van der Waals surface area (Å²) in [6.07, 6.45) is 5.59. The number of ether oxygens (including phenoxy) is 4. The molecule has 0 saturated heterocycles. The zero-order chi connectivity index (χ0) is 19.2. The lowest BCUT2D eigenvalue weighted by atomic mass is 10.1.